The summed E-state index contributed by atoms with van der Waals surface area (Å²) in [5.41, 5.74) is 1.74. The Morgan fingerprint density at radius 2 is 1.39 bits per heavy atom. The van der Waals surface area contributed by atoms with Gasteiger partial charge in [-0.3, -0.25) is 4.79 Å². The van der Waals surface area contributed by atoms with Gasteiger partial charge in [-0.1, -0.05) is 83.8 Å². The first-order valence-corrected chi connectivity index (χ1v) is 11.1. The van der Waals surface area contributed by atoms with E-state index in [-0.39, 0.29) is 11.9 Å². The second-order valence-corrected chi connectivity index (χ2v) is 7.60. The van der Waals surface area contributed by atoms with E-state index >= 15 is 0 Å². The van der Waals surface area contributed by atoms with Gasteiger partial charge in [-0.2, -0.15) is 0 Å². The number of rotatable bonds is 15. The molecule has 0 aliphatic carbocycles. The third kappa shape index (κ3) is 10.5. The van der Waals surface area contributed by atoms with Crippen LogP contribution in [0.5, 0.6) is 0 Å². The van der Waals surface area contributed by atoms with Gasteiger partial charge < -0.3 is 10.1 Å². The molecule has 28 heavy (non-hydrogen) atoms. The molecule has 1 aromatic rings. The molecule has 1 unspecified atom stereocenters. The summed E-state index contributed by atoms with van der Waals surface area (Å²) in [5.74, 6) is -0.611. The van der Waals surface area contributed by atoms with E-state index in [4.69, 9.17) is 4.74 Å². The Labute approximate surface area is 171 Å². The summed E-state index contributed by atoms with van der Waals surface area (Å²) in [5, 5.41) is 2.71. The molecule has 1 amide bonds. The zero-order chi connectivity index (χ0) is 20.6. The maximum atomic E-state index is 12.2. The zero-order valence-electron chi connectivity index (χ0n) is 18.1. The Kier molecular flexibility index (Phi) is 13.1. The SMILES string of the molecule is CCCCCCCCCCCCOC(=O)C(C)NC(=O)c1ccc(CC)cc1. The average molecular weight is 390 g/mol. The first-order chi connectivity index (χ1) is 13.6. The molecule has 0 saturated carbocycles. The minimum absolute atomic E-state index is 0.244. The highest BCUT2D eigenvalue weighted by Crippen LogP contribution is 2.10. The average Bonchev–Trinajstić information content (AvgIpc) is 2.71. The molecule has 0 heterocycles. The molecule has 158 valence electrons. The van der Waals surface area contributed by atoms with Gasteiger partial charge in [0.2, 0.25) is 0 Å². The van der Waals surface area contributed by atoms with E-state index < -0.39 is 6.04 Å². The molecule has 0 saturated heterocycles. The fourth-order valence-corrected chi connectivity index (χ4v) is 3.12. The summed E-state index contributed by atoms with van der Waals surface area (Å²) < 4.78 is 5.30. The Morgan fingerprint density at radius 3 is 1.93 bits per heavy atom. The number of esters is 1. The van der Waals surface area contributed by atoms with Gasteiger partial charge in [0.05, 0.1) is 6.61 Å². The Bertz CT molecular complexity index is 553. The van der Waals surface area contributed by atoms with Gasteiger partial charge in [0.25, 0.3) is 5.91 Å². The van der Waals surface area contributed by atoms with Gasteiger partial charge in [-0.05, 0) is 37.5 Å². The zero-order valence-corrected chi connectivity index (χ0v) is 18.1. The molecule has 1 N–H and O–H groups in total. The highest BCUT2D eigenvalue weighted by atomic mass is 16.5. The minimum atomic E-state index is -0.638. The number of benzene rings is 1. The molecule has 1 atom stereocenters. The van der Waals surface area contributed by atoms with Crippen molar-refractivity contribution >= 4 is 11.9 Å². The lowest BCUT2D eigenvalue weighted by molar-refractivity contribution is -0.145. The van der Waals surface area contributed by atoms with Crippen molar-refractivity contribution in [1.82, 2.24) is 5.32 Å². The molecule has 0 aliphatic heterocycles. The van der Waals surface area contributed by atoms with Crippen molar-refractivity contribution in [1.29, 1.82) is 0 Å². The summed E-state index contributed by atoms with van der Waals surface area (Å²) >= 11 is 0. The van der Waals surface area contributed by atoms with Crippen molar-refractivity contribution in [3.63, 3.8) is 0 Å². The van der Waals surface area contributed by atoms with Crippen LogP contribution in [0, 0.1) is 0 Å². The van der Waals surface area contributed by atoms with Crippen LogP contribution in [0.3, 0.4) is 0 Å². The summed E-state index contributed by atoms with van der Waals surface area (Å²) in [6.07, 6.45) is 13.4. The number of amides is 1. The number of carbonyl (C=O) groups is 2. The van der Waals surface area contributed by atoms with Gasteiger partial charge in [0, 0.05) is 5.56 Å². The third-order valence-corrected chi connectivity index (χ3v) is 5.07. The number of carbonyl (C=O) groups excluding carboxylic acids is 2. The first kappa shape index (κ1) is 24.2. The van der Waals surface area contributed by atoms with Crippen molar-refractivity contribution in [2.75, 3.05) is 6.61 Å². The van der Waals surface area contributed by atoms with E-state index in [1.807, 2.05) is 12.1 Å². The molecule has 0 fully saturated rings. The molecule has 4 heteroatoms. The Balaban J connectivity index is 2.08. The predicted molar refractivity (Wildman–Crippen MR) is 116 cm³/mol. The van der Waals surface area contributed by atoms with Crippen LogP contribution in [-0.4, -0.2) is 24.5 Å². The number of aryl methyl sites for hydroxylation is 1. The largest absolute Gasteiger partial charge is 0.464 e. The highest BCUT2D eigenvalue weighted by molar-refractivity contribution is 5.96. The van der Waals surface area contributed by atoms with Gasteiger partial charge in [0.1, 0.15) is 6.04 Å². The quantitative estimate of drug-likeness (QED) is 0.303. The standard InChI is InChI=1S/C24H39NO3/c1-4-6-7-8-9-10-11-12-13-14-19-28-24(27)20(3)25-23(26)22-17-15-21(5-2)16-18-22/h15-18,20H,4-14,19H2,1-3H3,(H,25,26). The first-order valence-electron chi connectivity index (χ1n) is 11.1. The van der Waals surface area contributed by atoms with Gasteiger partial charge in [-0.25, -0.2) is 4.79 Å². The van der Waals surface area contributed by atoms with Crippen LogP contribution in [0.1, 0.15) is 101 Å². The monoisotopic (exact) mass is 389 g/mol. The minimum Gasteiger partial charge on any atom is -0.464 e. The Hall–Kier alpha value is -1.84. The Morgan fingerprint density at radius 1 is 0.857 bits per heavy atom. The van der Waals surface area contributed by atoms with E-state index in [0.29, 0.717) is 12.2 Å². The molecule has 0 aliphatic rings. The summed E-state index contributed by atoms with van der Waals surface area (Å²) in [7, 11) is 0. The van der Waals surface area contributed by atoms with Crippen LogP contribution in [0.2, 0.25) is 0 Å². The molecule has 0 aromatic heterocycles. The third-order valence-electron chi connectivity index (χ3n) is 5.07. The lowest BCUT2D eigenvalue weighted by Crippen LogP contribution is -2.39. The molecule has 1 aromatic carbocycles. The van der Waals surface area contributed by atoms with Crippen molar-refractivity contribution in [3.8, 4) is 0 Å². The molecule has 0 bridgehead atoms. The van der Waals surface area contributed by atoms with Crippen molar-refractivity contribution in [3.05, 3.63) is 35.4 Å². The van der Waals surface area contributed by atoms with Crippen molar-refractivity contribution in [2.24, 2.45) is 0 Å². The van der Waals surface area contributed by atoms with E-state index in [2.05, 4.69) is 19.2 Å². The number of hydrogen-bond acceptors (Lipinski definition) is 3. The maximum Gasteiger partial charge on any atom is 0.328 e. The van der Waals surface area contributed by atoms with Crippen LogP contribution < -0.4 is 5.32 Å². The van der Waals surface area contributed by atoms with E-state index in [0.717, 1.165) is 19.3 Å². The highest BCUT2D eigenvalue weighted by Gasteiger charge is 2.17. The summed E-state index contributed by atoms with van der Waals surface area (Å²) in [4.78, 5) is 24.2. The lowest BCUT2D eigenvalue weighted by Gasteiger charge is -2.13. The van der Waals surface area contributed by atoms with Crippen molar-refractivity contribution < 1.29 is 14.3 Å². The molecule has 1 rings (SSSR count). The predicted octanol–water partition coefficient (Wildman–Crippen LogP) is 5.83. The second kappa shape index (κ2) is 15.1. The normalized spacial score (nSPS) is 11.8. The van der Waals surface area contributed by atoms with Crippen LogP contribution in [0.15, 0.2) is 24.3 Å². The number of nitrogens with one attached hydrogen (secondary N) is 1. The fourth-order valence-electron chi connectivity index (χ4n) is 3.12. The molecule has 0 spiro atoms. The van der Waals surface area contributed by atoms with Crippen molar-refractivity contribution in [2.45, 2.75) is 97.4 Å². The van der Waals surface area contributed by atoms with Crippen LogP contribution >= 0.6 is 0 Å². The van der Waals surface area contributed by atoms with Crippen LogP contribution in [-0.2, 0) is 16.0 Å². The lowest BCUT2D eigenvalue weighted by atomic mass is 10.1. The topological polar surface area (TPSA) is 55.4 Å². The fraction of sp³-hybridized carbons (Fsp3) is 0.667. The second-order valence-electron chi connectivity index (χ2n) is 7.60. The molecular formula is C24H39NO3. The van der Waals surface area contributed by atoms with E-state index in [1.165, 1.54) is 56.9 Å². The van der Waals surface area contributed by atoms with Gasteiger partial charge in [0.15, 0.2) is 0 Å². The van der Waals surface area contributed by atoms with Crippen LogP contribution in [0.4, 0.5) is 0 Å². The van der Waals surface area contributed by atoms with Gasteiger partial charge >= 0.3 is 5.97 Å². The number of unbranched alkanes of at least 4 members (excludes halogenated alkanes) is 9. The van der Waals surface area contributed by atoms with Gasteiger partial charge in [-0.15, -0.1) is 0 Å². The molecule has 4 nitrogen and oxygen atoms in total. The van der Waals surface area contributed by atoms with E-state index in [1.54, 1.807) is 19.1 Å². The van der Waals surface area contributed by atoms with Crippen LogP contribution in [0.25, 0.3) is 0 Å². The molecule has 0 radical (unpaired) electrons. The summed E-state index contributed by atoms with van der Waals surface area (Å²) in [6, 6.07) is 6.81. The summed E-state index contributed by atoms with van der Waals surface area (Å²) in [6.45, 7) is 6.41. The number of ether oxygens (including phenoxy) is 1. The smallest absolute Gasteiger partial charge is 0.328 e. The maximum absolute atomic E-state index is 12.2. The molecular weight excluding hydrogens is 350 g/mol. The number of hydrogen-bond donors (Lipinski definition) is 1. The van der Waals surface area contributed by atoms with E-state index in [9.17, 15) is 9.59 Å².